The first-order valence-corrected chi connectivity index (χ1v) is 11.9. The van der Waals surface area contributed by atoms with Crippen molar-refractivity contribution < 1.29 is 14.3 Å². The minimum absolute atomic E-state index is 0.140. The van der Waals surface area contributed by atoms with E-state index >= 15 is 0 Å². The van der Waals surface area contributed by atoms with E-state index in [1.54, 1.807) is 12.1 Å². The van der Waals surface area contributed by atoms with Gasteiger partial charge in [0.25, 0.3) is 0 Å². The van der Waals surface area contributed by atoms with Crippen molar-refractivity contribution in [3.8, 4) is 5.75 Å². The molecule has 0 saturated carbocycles. The number of carbonyl (C=O) groups excluding carboxylic acids is 1. The fraction of sp³-hybridized carbons (Fsp3) is 0.409. The van der Waals surface area contributed by atoms with Crippen LogP contribution in [0.3, 0.4) is 0 Å². The molecule has 0 aliphatic carbocycles. The number of carbonyl (C=O) groups is 1. The maximum Gasteiger partial charge on any atom is 0.358 e. The molecular formula is C22H27BrIN3O3. The Hall–Kier alpha value is -1.68. The van der Waals surface area contributed by atoms with Crippen LogP contribution < -0.4 is 9.64 Å². The van der Waals surface area contributed by atoms with Gasteiger partial charge in [-0.25, -0.2) is 4.79 Å². The van der Waals surface area contributed by atoms with Crippen LogP contribution in [0.2, 0.25) is 0 Å². The third-order valence-electron chi connectivity index (χ3n) is 4.25. The van der Waals surface area contributed by atoms with E-state index in [9.17, 15) is 4.79 Å². The summed E-state index contributed by atoms with van der Waals surface area (Å²) in [6, 6.07) is 9.43. The van der Waals surface area contributed by atoms with Gasteiger partial charge < -0.3 is 14.4 Å². The summed E-state index contributed by atoms with van der Waals surface area (Å²) in [6.45, 7) is 7.59. The minimum Gasteiger partial charge on any atom is -0.489 e. The van der Waals surface area contributed by atoms with Crippen LogP contribution in [0.25, 0.3) is 0 Å². The van der Waals surface area contributed by atoms with Crippen LogP contribution >= 0.6 is 38.5 Å². The van der Waals surface area contributed by atoms with Crippen molar-refractivity contribution in [3.05, 3.63) is 58.2 Å². The Morgan fingerprint density at radius 1 is 1.30 bits per heavy atom. The van der Waals surface area contributed by atoms with Crippen molar-refractivity contribution >= 4 is 50.3 Å². The molecule has 0 amide bonds. The van der Waals surface area contributed by atoms with E-state index in [1.807, 2.05) is 44.2 Å². The number of rotatable bonds is 11. The van der Waals surface area contributed by atoms with Gasteiger partial charge in [-0.15, -0.1) is 10.2 Å². The fourth-order valence-corrected chi connectivity index (χ4v) is 3.48. The van der Waals surface area contributed by atoms with Gasteiger partial charge in [0, 0.05) is 16.6 Å². The van der Waals surface area contributed by atoms with Gasteiger partial charge in [0.1, 0.15) is 12.4 Å². The lowest BCUT2D eigenvalue weighted by Crippen LogP contribution is -2.29. The molecule has 0 spiro atoms. The zero-order valence-corrected chi connectivity index (χ0v) is 21.2. The molecule has 2 aromatic rings. The molecule has 2 rings (SSSR count). The first-order valence-electron chi connectivity index (χ1n) is 9.90. The second-order valence-electron chi connectivity index (χ2n) is 6.60. The molecule has 0 fully saturated rings. The number of aromatic nitrogens is 2. The highest BCUT2D eigenvalue weighted by molar-refractivity contribution is 14.1. The summed E-state index contributed by atoms with van der Waals surface area (Å²) in [7, 11) is 0. The molecular weight excluding hydrogens is 561 g/mol. The number of ether oxygens (including phenoxy) is 2. The van der Waals surface area contributed by atoms with Crippen LogP contribution in [0.1, 0.15) is 49.7 Å². The Balaban J connectivity index is 2.18. The summed E-state index contributed by atoms with van der Waals surface area (Å²) in [5.41, 5.74) is 1.25. The molecule has 8 heteroatoms. The SMILES string of the molecule is CC=CCOc1ccc(Br)cc1CN(c1ccc(C(=O)OCCCC)nn1)C(C)I. The first-order chi connectivity index (χ1) is 14.5. The highest BCUT2D eigenvalue weighted by atomic mass is 127. The van der Waals surface area contributed by atoms with Gasteiger partial charge in [0.05, 0.1) is 10.7 Å². The van der Waals surface area contributed by atoms with E-state index in [-0.39, 0.29) is 9.74 Å². The Bertz CT molecular complexity index is 844. The number of alkyl halides is 1. The summed E-state index contributed by atoms with van der Waals surface area (Å²) in [6.07, 6.45) is 5.73. The number of unbranched alkanes of at least 4 members (excludes halogenated alkanes) is 1. The standard InChI is InChI=1S/C22H27BrIN3O3/c1-4-6-12-29-20-10-8-18(23)14-17(20)15-27(16(3)24)21-11-9-19(25-26-21)22(28)30-13-7-5-2/h4,6,8-11,14,16H,5,7,12-13,15H2,1-3H3. The average molecular weight is 588 g/mol. The Morgan fingerprint density at radius 3 is 2.73 bits per heavy atom. The molecule has 30 heavy (non-hydrogen) atoms. The van der Waals surface area contributed by atoms with Gasteiger partial charge in [-0.3, -0.25) is 0 Å². The van der Waals surface area contributed by atoms with Crippen LogP contribution in [0.5, 0.6) is 5.75 Å². The number of halogens is 2. The van der Waals surface area contributed by atoms with Crippen LogP contribution in [0.4, 0.5) is 5.82 Å². The number of allylic oxidation sites excluding steroid dienone is 1. The van der Waals surface area contributed by atoms with Crippen LogP contribution in [-0.2, 0) is 11.3 Å². The number of nitrogens with zero attached hydrogens (tertiary/aromatic N) is 3. The first kappa shape index (κ1) is 24.6. The number of hydrogen-bond donors (Lipinski definition) is 0. The number of benzene rings is 1. The van der Waals surface area contributed by atoms with Crippen LogP contribution in [-0.4, -0.2) is 33.4 Å². The van der Waals surface area contributed by atoms with E-state index in [1.165, 1.54) is 0 Å². The largest absolute Gasteiger partial charge is 0.489 e. The maximum absolute atomic E-state index is 12.1. The van der Waals surface area contributed by atoms with Crippen molar-refractivity contribution in [2.45, 2.75) is 44.2 Å². The van der Waals surface area contributed by atoms with Gasteiger partial charge in [-0.2, -0.15) is 0 Å². The summed E-state index contributed by atoms with van der Waals surface area (Å²) >= 11 is 5.88. The Labute approximate surface area is 200 Å². The number of hydrogen-bond acceptors (Lipinski definition) is 6. The van der Waals surface area contributed by atoms with Crippen molar-refractivity contribution in [1.29, 1.82) is 0 Å². The van der Waals surface area contributed by atoms with E-state index in [0.29, 0.717) is 25.6 Å². The third-order valence-corrected chi connectivity index (χ3v) is 5.41. The molecule has 1 aromatic carbocycles. The lowest BCUT2D eigenvalue weighted by Gasteiger charge is -2.27. The summed E-state index contributed by atoms with van der Waals surface area (Å²) in [5, 5.41) is 8.36. The van der Waals surface area contributed by atoms with Gasteiger partial charge in [0.2, 0.25) is 0 Å². The predicted octanol–water partition coefficient (Wildman–Crippen LogP) is 5.94. The zero-order valence-electron chi connectivity index (χ0n) is 17.5. The third kappa shape index (κ3) is 7.54. The number of esters is 1. The monoisotopic (exact) mass is 587 g/mol. The molecule has 162 valence electrons. The van der Waals surface area contributed by atoms with Gasteiger partial charge in [0.15, 0.2) is 11.5 Å². The van der Waals surface area contributed by atoms with E-state index < -0.39 is 5.97 Å². The molecule has 0 N–H and O–H groups in total. The van der Waals surface area contributed by atoms with Gasteiger partial charge >= 0.3 is 5.97 Å². The Kier molecular flexibility index (Phi) is 10.6. The molecule has 0 aliphatic rings. The van der Waals surface area contributed by atoms with Gasteiger partial charge in [-0.1, -0.05) is 64.0 Å². The van der Waals surface area contributed by atoms with Gasteiger partial charge in [-0.05, 0) is 50.6 Å². The van der Waals surface area contributed by atoms with E-state index in [2.05, 4.69) is 60.5 Å². The molecule has 1 heterocycles. The second kappa shape index (κ2) is 12.9. The lowest BCUT2D eigenvalue weighted by atomic mass is 10.2. The average Bonchev–Trinajstić information content (AvgIpc) is 2.73. The van der Waals surface area contributed by atoms with E-state index in [4.69, 9.17) is 9.47 Å². The highest BCUT2D eigenvalue weighted by Crippen LogP contribution is 2.28. The van der Waals surface area contributed by atoms with Crippen molar-refractivity contribution in [2.24, 2.45) is 0 Å². The van der Waals surface area contributed by atoms with Crippen LogP contribution in [0, 0.1) is 0 Å². The molecule has 1 aromatic heterocycles. The topological polar surface area (TPSA) is 64.5 Å². The van der Waals surface area contributed by atoms with E-state index in [0.717, 1.165) is 28.6 Å². The number of anilines is 1. The summed E-state index contributed by atoms with van der Waals surface area (Å²) < 4.78 is 12.2. The normalized spacial score (nSPS) is 12.0. The summed E-state index contributed by atoms with van der Waals surface area (Å²) in [4.78, 5) is 14.2. The van der Waals surface area contributed by atoms with Crippen molar-refractivity contribution in [1.82, 2.24) is 10.2 Å². The predicted molar refractivity (Wildman–Crippen MR) is 131 cm³/mol. The molecule has 0 bridgehead atoms. The molecule has 0 radical (unpaired) electrons. The smallest absolute Gasteiger partial charge is 0.358 e. The summed E-state index contributed by atoms with van der Waals surface area (Å²) in [5.74, 6) is 1.06. The van der Waals surface area contributed by atoms with Crippen molar-refractivity contribution in [2.75, 3.05) is 18.1 Å². The fourth-order valence-electron chi connectivity index (χ4n) is 2.59. The molecule has 1 atom stereocenters. The molecule has 1 unspecified atom stereocenters. The molecule has 6 nitrogen and oxygen atoms in total. The van der Waals surface area contributed by atoms with Crippen molar-refractivity contribution in [3.63, 3.8) is 0 Å². The zero-order chi connectivity index (χ0) is 21.9. The quantitative estimate of drug-likeness (QED) is 0.0810. The minimum atomic E-state index is -0.441. The maximum atomic E-state index is 12.1. The Morgan fingerprint density at radius 2 is 2.10 bits per heavy atom. The molecule has 0 saturated heterocycles. The second-order valence-corrected chi connectivity index (χ2v) is 9.32. The highest BCUT2D eigenvalue weighted by Gasteiger charge is 2.18. The molecule has 0 aliphatic heterocycles. The van der Waals surface area contributed by atoms with Crippen LogP contribution in [0.15, 0.2) is 47.0 Å². The lowest BCUT2D eigenvalue weighted by molar-refractivity contribution is 0.0491.